The predicted molar refractivity (Wildman–Crippen MR) is 44.1 cm³/mol. The fourth-order valence-electron chi connectivity index (χ4n) is 2.58. The lowest BCUT2D eigenvalue weighted by molar-refractivity contribution is -0.119. The van der Waals surface area contributed by atoms with Crippen LogP contribution in [0.4, 0.5) is 0 Å². The van der Waals surface area contributed by atoms with E-state index in [4.69, 9.17) is 0 Å². The lowest BCUT2D eigenvalue weighted by Gasteiger charge is -2.02. The fourth-order valence-corrected chi connectivity index (χ4v) is 2.58. The van der Waals surface area contributed by atoms with Gasteiger partial charge in [0.15, 0.2) is 0 Å². The molecule has 0 N–H and O–H groups in total. The van der Waals surface area contributed by atoms with E-state index in [1.165, 1.54) is 0 Å². The van der Waals surface area contributed by atoms with Crippen molar-refractivity contribution in [2.45, 2.75) is 26.7 Å². The topological polar surface area (TPSA) is 17.1 Å². The smallest absolute Gasteiger partial charge is 0.137 e. The largest absolute Gasteiger partial charge is 0.299 e. The first-order valence-corrected chi connectivity index (χ1v) is 4.35. The summed E-state index contributed by atoms with van der Waals surface area (Å²) in [6.45, 7) is 4.27. The fraction of sp³-hybridized carbons (Fsp3) is 0.700. The van der Waals surface area contributed by atoms with Crippen molar-refractivity contribution < 1.29 is 4.79 Å². The van der Waals surface area contributed by atoms with Crippen molar-refractivity contribution in [3.05, 3.63) is 12.2 Å². The highest BCUT2D eigenvalue weighted by atomic mass is 16.1. The summed E-state index contributed by atoms with van der Waals surface area (Å²) in [4.78, 5) is 11.3. The highest BCUT2D eigenvalue weighted by molar-refractivity contribution is 5.88. The Kier molecular flexibility index (Phi) is 1.26. The summed E-state index contributed by atoms with van der Waals surface area (Å²) in [6, 6.07) is 0. The van der Waals surface area contributed by atoms with Gasteiger partial charge in [0, 0.05) is 12.3 Å². The van der Waals surface area contributed by atoms with Crippen molar-refractivity contribution in [1.29, 1.82) is 0 Å². The van der Waals surface area contributed by atoms with Crippen LogP contribution < -0.4 is 0 Å². The van der Waals surface area contributed by atoms with Crippen LogP contribution in [0.15, 0.2) is 12.2 Å². The van der Waals surface area contributed by atoms with Gasteiger partial charge in [0.25, 0.3) is 0 Å². The van der Waals surface area contributed by atoms with Gasteiger partial charge in [-0.1, -0.05) is 19.1 Å². The van der Waals surface area contributed by atoms with Crippen molar-refractivity contribution in [2.75, 3.05) is 0 Å². The third-order valence-corrected chi connectivity index (χ3v) is 3.38. The Bertz CT molecular complexity index is 229. The molecule has 2 aliphatic rings. The molecule has 0 amide bonds. The highest BCUT2D eigenvalue weighted by Gasteiger charge is 2.66. The third kappa shape index (κ3) is 0.741. The summed E-state index contributed by atoms with van der Waals surface area (Å²) in [6.07, 6.45) is 6.21. The lowest BCUT2D eigenvalue weighted by Crippen LogP contribution is -1.97. The standard InChI is InChI=1S/C10H14O/c1-3-4-7-9-8(11)5-6-10(7,9)2/h3-4,7,9H,5-6H2,1-2H3/b4-3+/t7-,9-,10-/m1/s1. The molecule has 0 bridgehead atoms. The molecule has 1 heteroatoms. The monoisotopic (exact) mass is 150 g/mol. The molecule has 0 spiro atoms. The summed E-state index contributed by atoms with van der Waals surface area (Å²) in [5, 5.41) is 0. The number of hydrogen-bond donors (Lipinski definition) is 0. The van der Waals surface area contributed by atoms with E-state index >= 15 is 0 Å². The first-order valence-electron chi connectivity index (χ1n) is 4.35. The Labute approximate surface area is 67.5 Å². The molecule has 2 saturated carbocycles. The van der Waals surface area contributed by atoms with Gasteiger partial charge in [-0.05, 0) is 24.7 Å². The van der Waals surface area contributed by atoms with Crippen molar-refractivity contribution in [3.63, 3.8) is 0 Å². The highest BCUT2D eigenvalue weighted by Crippen LogP contribution is 2.66. The normalized spacial score (nSPS) is 48.4. The van der Waals surface area contributed by atoms with Crippen LogP contribution in [0.1, 0.15) is 26.7 Å². The summed E-state index contributed by atoms with van der Waals surface area (Å²) < 4.78 is 0. The second-order valence-corrected chi connectivity index (χ2v) is 4.00. The molecule has 0 saturated heterocycles. The summed E-state index contributed by atoms with van der Waals surface area (Å²) in [7, 11) is 0. The molecule has 0 unspecified atom stereocenters. The average molecular weight is 150 g/mol. The molecule has 0 aromatic rings. The zero-order chi connectivity index (χ0) is 8.06. The van der Waals surface area contributed by atoms with Crippen molar-refractivity contribution in [2.24, 2.45) is 17.3 Å². The van der Waals surface area contributed by atoms with Gasteiger partial charge in [-0.2, -0.15) is 0 Å². The van der Waals surface area contributed by atoms with E-state index in [1.54, 1.807) is 0 Å². The van der Waals surface area contributed by atoms with E-state index in [0.717, 1.165) is 12.8 Å². The SMILES string of the molecule is C/C=C/[C@@H]1[C@@H]2C(=O)CC[C@]12C. The zero-order valence-electron chi connectivity index (χ0n) is 7.13. The Hall–Kier alpha value is -0.590. The van der Waals surface area contributed by atoms with Gasteiger partial charge < -0.3 is 0 Å². The van der Waals surface area contributed by atoms with Gasteiger partial charge in [-0.25, -0.2) is 0 Å². The molecule has 11 heavy (non-hydrogen) atoms. The minimum absolute atomic E-state index is 0.365. The second-order valence-electron chi connectivity index (χ2n) is 4.00. The summed E-state index contributed by atoms with van der Waals surface area (Å²) in [5.74, 6) is 1.46. The van der Waals surface area contributed by atoms with E-state index in [0.29, 0.717) is 23.0 Å². The van der Waals surface area contributed by atoms with E-state index in [-0.39, 0.29) is 0 Å². The molecule has 2 aliphatic carbocycles. The first kappa shape index (κ1) is 7.08. The molecular formula is C10H14O. The van der Waals surface area contributed by atoms with Crippen LogP contribution in [0, 0.1) is 17.3 Å². The number of hydrogen-bond acceptors (Lipinski definition) is 1. The van der Waals surface area contributed by atoms with Gasteiger partial charge in [-0.3, -0.25) is 4.79 Å². The molecule has 0 radical (unpaired) electrons. The Morgan fingerprint density at radius 2 is 2.36 bits per heavy atom. The van der Waals surface area contributed by atoms with Crippen molar-refractivity contribution in [3.8, 4) is 0 Å². The van der Waals surface area contributed by atoms with Gasteiger partial charge in [0.2, 0.25) is 0 Å². The van der Waals surface area contributed by atoms with E-state index in [1.807, 2.05) is 6.92 Å². The molecule has 1 nitrogen and oxygen atoms in total. The van der Waals surface area contributed by atoms with Gasteiger partial charge in [0.05, 0.1) is 0 Å². The Balaban J connectivity index is 2.17. The summed E-state index contributed by atoms with van der Waals surface area (Å²) >= 11 is 0. The third-order valence-electron chi connectivity index (χ3n) is 3.38. The lowest BCUT2D eigenvalue weighted by atomic mass is 10.0. The molecular weight excluding hydrogens is 136 g/mol. The molecule has 60 valence electrons. The maximum absolute atomic E-state index is 11.3. The zero-order valence-corrected chi connectivity index (χ0v) is 7.13. The second kappa shape index (κ2) is 1.96. The van der Waals surface area contributed by atoms with Crippen LogP contribution in [0.25, 0.3) is 0 Å². The molecule has 2 fully saturated rings. The number of Topliss-reactive ketones (excluding diaryl/α,β-unsaturated/α-hetero) is 1. The van der Waals surface area contributed by atoms with E-state index < -0.39 is 0 Å². The molecule has 0 aliphatic heterocycles. The minimum atomic E-state index is 0.365. The molecule has 2 rings (SSSR count). The van der Waals surface area contributed by atoms with Gasteiger partial charge in [0.1, 0.15) is 5.78 Å². The Morgan fingerprint density at radius 1 is 1.64 bits per heavy atom. The number of ketones is 1. The van der Waals surface area contributed by atoms with Crippen LogP contribution in [0.3, 0.4) is 0 Å². The van der Waals surface area contributed by atoms with Gasteiger partial charge in [-0.15, -0.1) is 0 Å². The maximum atomic E-state index is 11.3. The molecule has 0 heterocycles. The van der Waals surface area contributed by atoms with E-state index in [2.05, 4.69) is 19.1 Å². The average Bonchev–Trinajstić information content (AvgIpc) is 2.41. The maximum Gasteiger partial charge on any atom is 0.137 e. The van der Waals surface area contributed by atoms with Crippen LogP contribution in [0.2, 0.25) is 0 Å². The first-order chi connectivity index (χ1) is 5.20. The minimum Gasteiger partial charge on any atom is -0.299 e. The summed E-state index contributed by atoms with van der Waals surface area (Å²) in [5.41, 5.74) is 0.365. The van der Waals surface area contributed by atoms with Crippen LogP contribution in [0.5, 0.6) is 0 Å². The number of rotatable bonds is 1. The van der Waals surface area contributed by atoms with Crippen molar-refractivity contribution in [1.82, 2.24) is 0 Å². The number of carbonyl (C=O) groups is 1. The Morgan fingerprint density at radius 3 is 2.82 bits per heavy atom. The molecule has 0 aromatic heterocycles. The molecule has 0 aromatic carbocycles. The van der Waals surface area contributed by atoms with Crippen LogP contribution in [-0.4, -0.2) is 5.78 Å². The van der Waals surface area contributed by atoms with Crippen molar-refractivity contribution >= 4 is 5.78 Å². The molecule has 3 atom stereocenters. The van der Waals surface area contributed by atoms with Crippen LogP contribution >= 0.6 is 0 Å². The number of allylic oxidation sites excluding steroid dienone is 2. The van der Waals surface area contributed by atoms with Gasteiger partial charge >= 0.3 is 0 Å². The quantitative estimate of drug-likeness (QED) is 0.523. The number of carbonyl (C=O) groups excluding carboxylic acids is 1. The van der Waals surface area contributed by atoms with Crippen LogP contribution in [-0.2, 0) is 4.79 Å². The predicted octanol–water partition coefficient (Wildman–Crippen LogP) is 2.18. The van der Waals surface area contributed by atoms with E-state index in [9.17, 15) is 4.79 Å². The number of fused-ring (bicyclic) bond motifs is 1.